The highest BCUT2D eigenvalue weighted by atomic mass is 16.7. The number of aliphatic hydroxyl groups is 4. The highest BCUT2D eigenvalue weighted by Gasteiger charge is 2.59. The molecule has 12 heteroatoms. The van der Waals surface area contributed by atoms with Crippen LogP contribution >= 0.6 is 0 Å². The minimum atomic E-state index is -2.76. The van der Waals surface area contributed by atoms with Gasteiger partial charge in [0.05, 0.1) is 19.6 Å². The van der Waals surface area contributed by atoms with Gasteiger partial charge in [-0.1, -0.05) is 0 Å². The van der Waals surface area contributed by atoms with Crippen LogP contribution in [0.15, 0.2) is 0 Å². The monoisotopic (exact) mass is 366 g/mol. The molecular weight excluding hydrogens is 344 g/mol. The van der Waals surface area contributed by atoms with E-state index in [1.165, 1.54) is 6.92 Å². The average Bonchev–Trinajstić information content (AvgIpc) is 2.54. The smallest absolute Gasteiger partial charge is 0.366 e. The highest BCUT2D eigenvalue weighted by molar-refractivity contribution is 5.78. The summed E-state index contributed by atoms with van der Waals surface area (Å²) in [5.74, 6) is -4.76. The maximum atomic E-state index is 11.9. The zero-order valence-corrected chi connectivity index (χ0v) is 13.7. The largest absolute Gasteiger partial charge is 0.462 e. The molecule has 25 heavy (non-hydrogen) atoms. The van der Waals surface area contributed by atoms with Crippen molar-refractivity contribution in [2.45, 2.75) is 56.5 Å². The lowest BCUT2D eigenvalue weighted by Crippen LogP contribution is -2.68. The fourth-order valence-electron chi connectivity index (χ4n) is 2.58. The van der Waals surface area contributed by atoms with Crippen LogP contribution in [0, 0.1) is 10.1 Å². The van der Waals surface area contributed by atoms with Crippen LogP contribution in [0.1, 0.15) is 20.3 Å². The van der Waals surface area contributed by atoms with E-state index in [2.05, 4.69) is 10.1 Å². The van der Waals surface area contributed by atoms with Gasteiger partial charge in [0.25, 0.3) is 5.79 Å². The summed E-state index contributed by atoms with van der Waals surface area (Å²) in [5, 5.41) is 52.6. The standard InChI is InChI=1S/C13H22N2O10/c1-3-24-12(20)13(21)4-7(15(22)23)9(14-6(2)17)11(25-13)10(19)8(18)5-16/h7-11,16,18-19,21H,3-5H2,1-2H3,(H,14,17)/t7-,8+,9+,10+,11+,13-/m0/s1. The van der Waals surface area contributed by atoms with Crippen molar-refractivity contribution in [3.8, 4) is 0 Å². The van der Waals surface area contributed by atoms with Gasteiger partial charge in [-0.3, -0.25) is 14.9 Å². The number of amides is 1. The first kappa shape index (κ1) is 21.2. The molecule has 0 aromatic heterocycles. The molecular formula is C13H22N2O10. The van der Waals surface area contributed by atoms with Gasteiger partial charge in [-0.25, -0.2) is 4.79 Å². The van der Waals surface area contributed by atoms with Crippen molar-refractivity contribution in [1.82, 2.24) is 5.32 Å². The Labute approximate surface area is 142 Å². The first-order chi connectivity index (χ1) is 11.6. The molecule has 0 aromatic carbocycles. The summed E-state index contributed by atoms with van der Waals surface area (Å²) in [6.45, 7) is 1.44. The molecule has 0 bridgehead atoms. The summed E-state index contributed by atoms with van der Waals surface area (Å²) in [6.07, 6.45) is -6.34. The molecule has 0 saturated carbocycles. The average molecular weight is 366 g/mol. The lowest BCUT2D eigenvalue weighted by molar-refractivity contribution is -0.545. The van der Waals surface area contributed by atoms with Gasteiger partial charge < -0.3 is 35.2 Å². The summed E-state index contributed by atoms with van der Waals surface area (Å²) >= 11 is 0. The van der Waals surface area contributed by atoms with E-state index in [1.807, 2.05) is 0 Å². The van der Waals surface area contributed by atoms with E-state index in [-0.39, 0.29) is 6.61 Å². The SMILES string of the molecule is CCOC(=O)[C@]1(O)C[C@H]([N+](=O)[O-])[C@@H](NC(C)=O)[C@H]([C@H](O)[C@H](O)CO)O1. The van der Waals surface area contributed by atoms with Crippen LogP contribution < -0.4 is 5.32 Å². The Morgan fingerprint density at radius 2 is 2.08 bits per heavy atom. The van der Waals surface area contributed by atoms with Gasteiger partial charge in [-0.2, -0.15) is 0 Å². The van der Waals surface area contributed by atoms with Crippen molar-refractivity contribution in [3.63, 3.8) is 0 Å². The predicted octanol–water partition coefficient (Wildman–Crippen LogP) is -3.11. The number of hydrogen-bond donors (Lipinski definition) is 5. The summed E-state index contributed by atoms with van der Waals surface area (Å²) in [4.78, 5) is 33.8. The van der Waals surface area contributed by atoms with Gasteiger partial charge >= 0.3 is 5.97 Å². The van der Waals surface area contributed by atoms with Crippen molar-refractivity contribution >= 4 is 11.9 Å². The highest BCUT2D eigenvalue weighted by Crippen LogP contribution is 2.32. The van der Waals surface area contributed by atoms with Crippen LogP contribution in [0.5, 0.6) is 0 Å². The number of aliphatic hydroxyl groups excluding tert-OH is 3. The molecule has 0 aromatic rings. The Kier molecular flexibility index (Phi) is 7.19. The number of esters is 1. The van der Waals surface area contributed by atoms with Gasteiger partial charge in [0, 0.05) is 11.8 Å². The molecule has 12 nitrogen and oxygen atoms in total. The van der Waals surface area contributed by atoms with Crippen molar-refractivity contribution in [3.05, 3.63) is 10.1 Å². The predicted molar refractivity (Wildman–Crippen MR) is 78.6 cm³/mol. The summed E-state index contributed by atoms with van der Waals surface area (Å²) in [7, 11) is 0. The van der Waals surface area contributed by atoms with Gasteiger partial charge in [0.15, 0.2) is 0 Å². The van der Waals surface area contributed by atoms with E-state index in [0.29, 0.717) is 0 Å². The Balaban J connectivity index is 3.28. The number of ether oxygens (including phenoxy) is 2. The number of carbonyl (C=O) groups is 2. The molecule has 1 fully saturated rings. The third kappa shape index (κ3) is 4.83. The van der Waals surface area contributed by atoms with E-state index in [1.54, 1.807) is 0 Å². The fraction of sp³-hybridized carbons (Fsp3) is 0.846. The topological polar surface area (TPSA) is 189 Å². The lowest BCUT2D eigenvalue weighted by Gasteiger charge is -2.43. The molecule has 0 aliphatic carbocycles. The number of hydrogen-bond acceptors (Lipinski definition) is 10. The molecule has 1 rings (SSSR count). The van der Waals surface area contributed by atoms with Crippen LogP contribution in [0.3, 0.4) is 0 Å². The molecule has 6 atom stereocenters. The van der Waals surface area contributed by atoms with Gasteiger partial charge in [0.2, 0.25) is 11.9 Å². The quantitative estimate of drug-likeness (QED) is 0.175. The van der Waals surface area contributed by atoms with Crippen LogP contribution in [-0.2, 0) is 19.1 Å². The van der Waals surface area contributed by atoms with Crippen molar-refractivity contribution in [1.29, 1.82) is 0 Å². The second kappa shape index (κ2) is 8.49. The van der Waals surface area contributed by atoms with E-state index in [0.717, 1.165) is 6.92 Å². The maximum absolute atomic E-state index is 11.9. The normalized spacial score (nSPS) is 31.7. The van der Waals surface area contributed by atoms with E-state index >= 15 is 0 Å². The van der Waals surface area contributed by atoms with Crippen LogP contribution in [0.25, 0.3) is 0 Å². The van der Waals surface area contributed by atoms with E-state index in [9.17, 15) is 35.0 Å². The third-order valence-corrected chi connectivity index (χ3v) is 3.74. The summed E-state index contributed by atoms with van der Waals surface area (Å²) in [6, 6.07) is -3.20. The molecule has 1 saturated heterocycles. The van der Waals surface area contributed by atoms with Crippen LogP contribution in [0.4, 0.5) is 0 Å². The number of carbonyl (C=O) groups excluding carboxylic acids is 2. The second-order valence-electron chi connectivity index (χ2n) is 5.61. The molecule has 1 heterocycles. The van der Waals surface area contributed by atoms with E-state index < -0.39 is 66.0 Å². The van der Waals surface area contributed by atoms with Crippen molar-refractivity contribution in [2.75, 3.05) is 13.2 Å². The minimum Gasteiger partial charge on any atom is -0.462 e. The Hall–Kier alpha value is -1.86. The number of nitrogens with zero attached hydrogens (tertiary/aromatic N) is 1. The van der Waals surface area contributed by atoms with Crippen molar-refractivity contribution < 1.29 is 44.4 Å². The number of nitro groups is 1. The number of nitrogens with one attached hydrogen (secondary N) is 1. The first-order valence-electron chi connectivity index (χ1n) is 7.52. The Morgan fingerprint density at radius 3 is 2.52 bits per heavy atom. The molecule has 5 N–H and O–H groups in total. The van der Waals surface area contributed by atoms with Gasteiger partial charge in [-0.05, 0) is 6.92 Å². The van der Waals surface area contributed by atoms with Gasteiger partial charge in [0.1, 0.15) is 24.4 Å². The lowest BCUT2D eigenvalue weighted by atomic mass is 9.87. The molecule has 144 valence electrons. The summed E-state index contributed by atoms with van der Waals surface area (Å²) in [5.41, 5.74) is 0. The first-order valence-corrected chi connectivity index (χ1v) is 7.52. The number of rotatable bonds is 7. The fourth-order valence-corrected chi connectivity index (χ4v) is 2.58. The summed E-state index contributed by atoms with van der Waals surface area (Å²) < 4.78 is 9.73. The molecule has 0 radical (unpaired) electrons. The zero-order valence-electron chi connectivity index (χ0n) is 13.7. The van der Waals surface area contributed by atoms with Gasteiger partial charge in [-0.15, -0.1) is 0 Å². The Bertz CT molecular complexity index is 515. The Morgan fingerprint density at radius 1 is 1.48 bits per heavy atom. The molecule has 0 spiro atoms. The van der Waals surface area contributed by atoms with Crippen LogP contribution in [0.2, 0.25) is 0 Å². The molecule has 0 unspecified atom stereocenters. The zero-order chi connectivity index (χ0) is 19.4. The van der Waals surface area contributed by atoms with Crippen molar-refractivity contribution in [2.24, 2.45) is 0 Å². The van der Waals surface area contributed by atoms with Crippen LogP contribution in [-0.4, -0.2) is 86.6 Å². The second-order valence-corrected chi connectivity index (χ2v) is 5.61. The third-order valence-electron chi connectivity index (χ3n) is 3.74. The maximum Gasteiger partial charge on any atom is 0.366 e. The van der Waals surface area contributed by atoms with E-state index in [4.69, 9.17) is 9.84 Å². The molecule has 1 aliphatic rings. The molecule has 1 aliphatic heterocycles. The molecule has 1 amide bonds. The minimum absolute atomic E-state index is 0.144.